The minimum absolute atomic E-state index is 0.0306. The van der Waals surface area contributed by atoms with E-state index in [9.17, 15) is 13.2 Å². The van der Waals surface area contributed by atoms with Crippen molar-refractivity contribution in [1.82, 2.24) is 19.9 Å². The lowest BCUT2D eigenvalue weighted by Gasteiger charge is -2.34. The number of hydrogen-bond acceptors (Lipinski definition) is 8. The summed E-state index contributed by atoms with van der Waals surface area (Å²) < 4.78 is 45.0. The number of aromatic nitrogens is 3. The molecule has 0 aliphatic carbocycles. The van der Waals surface area contributed by atoms with Crippen molar-refractivity contribution in [2.24, 2.45) is 0 Å². The molecule has 1 unspecified atom stereocenters. The Hall–Kier alpha value is -3.05. The van der Waals surface area contributed by atoms with E-state index in [1.807, 2.05) is 13.8 Å². The fourth-order valence-corrected chi connectivity index (χ4v) is 4.57. The number of ether oxygens (including phenoxy) is 1. The predicted octanol–water partition coefficient (Wildman–Crippen LogP) is 5.87. The van der Waals surface area contributed by atoms with Gasteiger partial charge in [0.2, 0.25) is 5.88 Å². The molecule has 3 heterocycles. The normalized spacial score (nSPS) is 14.9. The van der Waals surface area contributed by atoms with Gasteiger partial charge in [-0.25, -0.2) is 15.0 Å². The van der Waals surface area contributed by atoms with Gasteiger partial charge in [-0.1, -0.05) is 12.1 Å². The summed E-state index contributed by atoms with van der Waals surface area (Å²) in [6, 6.07) is 10.1. The lowest BCUT2D eigenvalue weighted by Crippen LogP contribution is -2.33. The number of hydrogen-bond donors (Lipinski definition) is 2. The summed E-state index contributed by atoms with van der Waals surface area (Å²) in [5.74, 6) is 1.39. The Morgan fingerprint density at radius 2 is 1.78 bits per heavy atom. The van der Waals surface area contributed by atoms with Crippen LogP contribution in [0.25, 0.3) is 0 Å². The SMILES string of the molecule is CC(C)Nc1cnc(NSc2ccc3c(c2)CN(C(C)c2ccc(OCC(F)(F)F)nc2)CC3)cn1. The molecule has 0 radical (unpaired) electrons. The lowest BCUT2D eigenvalue weighted by molar-refractivity contribution is -0.154. The number of benzene rings is 1. The maximum atomic E-state index is 12.4. The lowest BCUT2D eigenvalue weighted by atomic mass is 9.97. The van der Waals surface area contributed by atoms with Crippen LogP contribution in [0.3, 0.4) is 0 Å². The van der Waals surface area contributed by atoms with Gasteiger partial charge in [-0.2, -0.15) is 13.2 Å². The first kappa shape index (κ1) is 26.0. The Morgan fingerprint density at radius 1 is 1.00 bits per heavy atom. The summed E-state index contributed by atoms with van der Waals surface area (Å²) in [5, 5.41) is 3.21. The van der Waals surface area contributed by atoms with Gasteiger partial charge in [-0.15, -0.1) is 0 Å². The number of rotatable bonds is 9. The Balaban J connectivity index is 1.35. The zero-order valence-corrected chi connectivity index (χ0v) is 21.2. The molecule has 7 nitrogen and oxygen atoms in total. The van der Waals surface area contributed by atoms with Gasteiger partial charge < -0.3 is 14.8 Å². The van der Waals surface area contributed by atoms with E-state index in [0.717, 1.165) is 35.8 Å². The molecule has 3 aromatic rings. The molecule has 2 aromatic heterocycles. The van der Waals surface area contributed by atoms with Crippen LogP contribution in [0.15, 0.2) is 53.8 Å². The van der Waals surface area contributed by atoms with Crippen LogP contribution in [0.1, 0.15) is 43.5 Å². The second kappa shape index (κ2) is 11.3. The average Bonchev–Trinajstić information content (AvgIpc) is 2.85. The molecule has 1 aliphatic heterocycles. The molecule has 11 heteroatoms. The molecule has 36 heavy (non-hydrogen) atoms. The predicted molar refractivity (Wildman–Crippen MR) is 135 cm³/mol. The van der Waals surface area contributed by atoms with Crippen molar-refractivity contribution in [3.05, 3.63) is 65.6 Å². The highest BCUT2D eigenvalue weighted by Gasteiger charge is 2.29. The van der Waals surface area contributed by atoms with Gasteiger partial charge in [0.05, 0.1) is 12.4 Å². The summed E-state index contributed by atoms with van der Waals surface area (Å²) in [4.78, 5) is 16.2. The molecule has 1 aromatic carbocycles. The number of pyridine rings is 1. The molecule has 4 rings (SSSR count). The van der Waals surface area contributed by atoms with E-state index in [0.29, 0.717) is 5.82 Å². The van der Waals surface area contributed by atoms with Crippen molar-refractivity contribution in [3.8, 4) is 5.88 Å². The number of nitrogens with one attached hydrogen (secondary N) is 2. The molecule has 0 fully saturated rings. The van der Waals surface area contributed by atoms with Crippen LogP contribution in [-0.4, -0.2) is 45.2 Å². The van der Waals surface area contributed by atoms with Crippen LogP contribution >= 0.6 is 11.9 Å². The fraction of sp³-hybridized carbons (Fsp3) is 0.400. The van der Waals surface area contributed by atoms with E-state index in [4.69, 9.17) is 4.74 Å². The van der Waals surface area contributed by atoms with E-state index in [2.05, 4.69) is 55.0 Å². The third-order valence-corrected chi connectivity index (χ3v) is 6.56. The minimum atomic E-state index is -4.38. The van der Waals surface area contributed by atoms with Gasteiger partial charge >= 0.3 is 6.18 Å². The van der Waals surface area contributed by atoms with Crippen LogP contribution in [-0.2, 0) is 13.0 Å². The van der Waals surface area contributed by atoms with Crippen molar-refractivity contribution in [3.63, 3.8) is 0 Å². The van der Waals surface area contributed by atoms with Crippen LogP contribution in [0.2, 0.25) is 0 Å². The molecule has 0 saturated heterocycles. The van der Waals surface area contributed by atoms with E-state index in [1.165, 1.54) is 29.1 Å². The smallest absolute Gasteiger partial charge is 0.422 e. The van der Waals surface area contributed by atoms with Gasteiger partial charge in [-0.3, -0.25) is 4.90 Å². The maximum absolute atomic E-state index is 12.4. The van der Waals surface area contributed by atoms with Gasteiger partial charge in [0.1, 0.15) is 5.82 Å². The summed E-state index contributed by atoms with van der Waals surface area (Å²) in [7, 11) is 0. The first-order valence-corrected chi connectivity index (χ1v) is 12.5. The Morgan fingerprint density at radius 3 is 2.44 bits per heavy atom. The van der Waals surface area contributed by atoms with Crippen molar-refractivity contribution in [1.29, 1.82) is 0 Å². The molecule has 1 aliphatic rings. The number of anilines is 2. The first-order valence-electron chi connectivity index (χ1n) is 11.7. The van der Waals surface area contributed by atoms with E-state index >= 15 is 0 Å². The van der Waals surface area contributed by atoms with Gasteiger partial charge in [-0.05, 0) is 68.0 Å². The summed E-state index contributed by atoms with van der Waals surface area (Å²) in [5.41, 5.74) is 3.50. The van der Waals surface area contributed by atoms with E-state index in [-0.39, 0.29) is 18.0 Å². The second-order valence-electron chi connectivity index (χ2n) is 8.95. The van der Waals surface area contributed by atoms with E-state index < -0.39 is 12.8 Å². The summed E-state index contributed by atoms with van der Waals surface area (Å²) in [6.45, 7) is 6.48. The molecule has 0 spiro atoms. The van der Waals surface area contributed by atoms with Crippen molar-refractivity contribution >= 4 is 23.6 Å². The number of nitrogens with zero attached hydrogens (tertiary/aromatic N) is 4. The molecule has 1 atom stereocenters. The van der Waals surface area contributed by atoms with Crippen LogP contribution < -0.4 is 14.8 Å². The Kier molecular flexibility index (Phi) is 8.20. The topological polar surface area (TPSA) is 75.2 Å². The third-order valence-electron chi connectivity index (χ3n) is 5.75. The van der Waals surface area contributed by atoms with Crippen LogP contribution in [0, 0.1) is 0 Å². The van der Waals surface area contributed by atoms with Gasteiger partial charge in [0.25, 0.3) is 0 Å². The Bertz CT molecular complexity index is 1140. The molecule has 0 amide bonds. The summed E-state index contributed by atoms with van der Waals surface area (Å²) >= 11 is 1.48. The highest BCUT2D eigenvalue weighted by Crippen LogP contribution is 2.31. The monoisotopic (exact) mass is 518 g/mol. The zero-order chi connectivity index (χ0) is 25.7. The van der Waals surface area contributed by atoms with Gasteiger partial charge in [0, 0.05) is 42.3 Å². The summed E-state index contributed by atoms with van der Waals surface area (Å²) in [6.07, 6.45) is 1.54. The van der Waals surface area contributed by atoms with Gasteiger partial charge in [0.15, 0.2) is 12.4 Å². The molecular formula is C25H29F3N6OS. The first-order chi connectivity index (χ1) is 17.2. The second-order valence-corrected chi connectivity index (χ2v) is 9.83. The third kappa shape index (κ3) is 7.23. The highest BCUT2D eigenvalue weighted by atomic mass is 32.2. The standard InChI is InChI=1S/C25H29F3N6OS/c1-16(2)32-22-12-30-23(13-29-22)33-36-21-6-4-18-8-9-34(14-20(18)10-21)17(3)19-5-7-24(31-11-19)35-15-25(26,27)28/h4-7,10-13,16-17H,8-9,14-15H2,1-3H3,(H,29,32)(H,30,33). The largest absolute Gasteiger partial charge is 0.468 e. The van der Waals surface area contributed by atoms with Crippen LogP contribution in [0.4, 0.5) is 24.8 Å². The zero-order valence-electron chi connectivity index (χ0n) is 20.3. The van der Waals surface area contributed by atoms with E-state index in [1.54, 1.807) is 24.7 Å². The number of halogens is 3. The van der Waals surface area contributed by atoms with Crippen molar-refractivity contribution < 1.29 is 17.9 Å². The molecule has 192 valence electrons. The minimum Gasteiger partial charge on any atom is -0.468 e. The van der Waals surface area contributed by atoms with Crippen molar-refractivity contribution in [2.75, 3.05) is 23.2 Å². The van der Waals surface area contributed by atoms with Crippen LogP contribution in [0.5, 0.6) is 5.88 Å². The highest BCUT2D eigenvalue weighted by molar-refractivity contribution is 8.00. The molecular weight excluding hydrogens is 489 g/mol. The quantitative estimate of drug-likeness (QED) is 0.341. The molecule has 0 bridgehead atoms. The number of alkyl halides is 3. The molecule has 0 saturated carbocycles. The Labute approximate surface area is 213 Å². The van der Waals surface area contributed by atoms with Crippen molar-refractivity contribution in [2.45, 2.75) is 56.9 Å². The maximum Gasteiger partial charge on any atom is 0.422 e. The fourth-order valence-electron chi connectivity index (χ4n) is 3.90. The average molecular weight is 519 g/mol. The molecule has 2 N–H and O–H groups in total. The number of fused-ring (bicyclic) bond motifs is 1.